The summed E-state index contributed by atoms with van der Waals surface area (Å²) in [5, 5.41) is 12.8. The van der Waals surface area contributed by atoms with Gasteiger partial charge in [-0.2, -0.15) is 0 Å². The summed E-state index contributed by atoms with van der Waals surface area (Å²) >= 11 is 0. The Balaban J connectivity index is 1.42. The lowest BCUT2D eigenvalue weighted by atomic mass is 10.3. The molecule has 3 heteroatoms. The molecular formula is C10H19NO2. The zero-order valence-electron chi connectivity index (χ0n) is 8.04. The van der Waals surface area contributed by atoms with E-state index >= 15 is 0 Å². The van der Waals surface area contributed by atoms with Crippen LogP contribution in [0.15, 0.2) is 0 Å². The number of hydrogen-bond donors (Lipinski definition) is 2. The van der Waals surface area contributed by atoms with Gasteiger partial charge in [-0.1, -0.05) is 0 Å². The van der Waals surface area contributed by atoms with Crippen molar-refractivity contribution in [3.8, 4) is 0 Å². The molecule has 0 heterocycles. The van der Waals surface area contributed by atoms with Gasteiger partial charge in [-0.25, -0.2) is 0 Å². The van der Waals surface area contributed by atoms with Crippen LogP contribution in [0.4, 0.5) is 0 Å². The molecule has 0 aliphatic heterocycles. The van der Waals surface area contributed by atoms with Gasteiger partial charge in [-0.05, 0) is 31.6 Å². The highest BCUT2D eigenvalue weighted by molar-refractivity contribution is 4.81. The van der Waals surface area contributed by atoms with Crippen LogP contribution < -0.4 is 5.32 Å². The zero-order valence-corrected chi connectivity index (χ0v) is 8.04. The van der Waals surface area contributed by atoms with Gasteiger partial charge in [0.05, 0.1) is 12.7 Å². The van der Waals surface area contributed by atoms with E-state index in [9.17, 15) is 5.11 Å². The highest BCUT2D eigenvalue weighted by atomic mass is 16.5. The van der Waals surface area contributed by atoms with E-state index in [0.717, 1.165) is 12.5 Å². The van der Waals surface area contributed by atoms with Crippen LogP contribution in [-0.4, -0.2) is 37.0 Å². The molecule has 76 valence electrons. The van der Waals surface area contributed by atoms with E-state index in [1.54, 1.807) is 0 Å². The minimum atomic E-state index is -0.320. The van der Waals surface area contributed by atoms with Crippen LogP contribution in [0.2, 0.25) is 0 Å². The van der Waals surface area contributed by atoms with Gasteiger partial charge < -0.3 is 15.2 Å². The van der Waals surface area contributed by atoms with E-state index in [1.165, 1.54) is 25.7 Å². The minimum absolute atomic E-state index is 0.320. The van der Waals surface area contributed by atoms with Crippen molar-refractivity contribution in [2.45, 2.75) is 37.8 Å². The molecule has 0 saturated heterocycles. The molecule has 0 spiro atoms. The Hall–Kier alpha value is -0.120. The third-order valence-electron chi connectivity index (χ3n) is 2.58. The van der Waals surface area contributed by atoms with Crippen molar-refractivity contribution in [2.24, 2.45) is 5.92 Å². The summed E-state index contributed by atoms with van der Waals surface area (Å²) in [5.74, 6) is 0.795. The maximum Gasteiger partial charge on any atom is 0.0897 e. The molecule has 2 aliphatic carbocycles. The maximum absolute atomic E-state index is 9.47. The molecule has 0 radical (unpaired) electrons. The number of hydrogen-bond acceptors (Lipinski definition) is 3. The largest absolute Gasteiger partial charge is 0.389 e. The Labute approximate surface area is 79.5 Å². The van der Waals surface area contributed by atoms with E-state index in [4.69, 9.17) is 4.74 Å². The molecule has 13 heavy (non-hydrogen) atoms. The highest BCUT2D eigenvalue weighted by Gasteiger charge is 2.23. The summed E-state index contributed by atoms with van der Waals surface area (Å²) in [4.78, 5) is 0. The molecule has 2 aliphatic rings. The Bertz CT molecular complexity index is 155. The Morgan fingerprint density at radius 3 is 2.69 bits per heavy atom. The van der Waals surface area contributed by atoms with Gasteiger partial charge in [0.1, 0.15) is 0 Å². The van der Waals surface area contributed by atoms with Gasteiger partial charge in [0.15, 0.2) is 0 Å². The Kier molecular flexibility index (Phi) is 3.19. The van der Waals surface area contributed by atoms with Crippen molar-refractivity contribution >= 4 is 0 Å². The molecule has 1 atom stereocenters. The molecule has 0 amide bonds. The molecule has 1 unspecified atom stereocenters. The first-order chi connectivity index (χ1) is 6.34. The topological polar surface area (TPSA) is 41.5 Å². The second-order valence-electron chi connectivity index (χ2n) is 4.32. The van der Waals surface area contributed by atoms with Gasteiger partial charge in [-0.15, -0.1) is 0 Å². The third-order valence-corrected chi connectivity index (χ3v) is 2.58. The summed E-state index contributed by atoms with van der Waals surface area (Å²) in [5.41, 5.74) is 0. The van der Waals surface area contributed by atoms with Crippen LogP contribution in [0.1, 0.15) is 25.7 Å². The van der Waals surface area contributed by atoms with Crippen LogP contribution >= 0.6 is 0 Å². The molecule has 2 saturated carbocycles. The molecular weight excluding hydrogens is 166 g/mol. The van der Waals surface area contributed by atoms with Crippen LogP contribution in [0, 0.1) is 5.92 Å². The second-order valence-corrected chi connectivity index (χ2v) is 4.32. The first kappa shape index (κ1) is 9.44. The standard InChI is InChI=1S/C10H19NO2/c12-10(5-11-9-3-4-9)7-13-6-8-1-2-8/h8-12H,1-7H2. The van der Waals surface area contributed by atoms with E-state index in [2.05, 4.69) is 5.32 Å². The average Bonchev–Trinajstić information content (AvgIpc) is 2.97. The van der Waals surface area contributed by atoms with Crippen LogP contribution in [-0.2, 0) is 4.74 Å². The van der Waals surface area contributed by atoms with Crippen molar-refractivity contribution < 1.29 is 9.84 Å². The summed E-state index contributed by atoms with van der Waals surface area (Å²) in [6, 6.07) is 0.679. The SMILES string of the molecule is OC(CNC1CC1)COCC1CC1. The van der Waals surface area contributed by atoms with E-state index in [-0.39, 0.29) is 6.10 Å². The van der Waals surface area contributed by atoms with Crippen molar-refractivity contribution in [1.82, 2.24) is 5.32 Å². The van der Waals surface area contributed by atoms with Gasteiger partial charge in [-0.3, -0.25) is 0 Å². The molecule has 2 rings (SSSR count). The predicted octanol–water partition coefficient (Wildman–Crippen LogP) is 0.526. The van der Waals surface area contributed by atoms with E-state index < -0.39 is 0 Å². The number of rotatable bonds is 7. The first-order valence-corrected chi connectivity index (χ1v) is 5.34. The summed E-state index contributed by atoms with van der Waals surface area (Å²) in [6.45, 7) is 2.03. The van der Waals surface area contributed by atoms with Crippen LogP contribution in [0.5, 0.6) is 0 Å². The van der Waals surface area contributed by atoms with Gasteiger partial charge in [0, 0.05) is 19.2 Å². The minimum Gasteiger partial charge on any atom is -0.389 e. The van der Waals surface area contributed by atoms with Crippen molar-refractivity contribution in [3.05, 3.63) is 0 Å². The second kappa shape index (κ2) is 4.40. The fraction of sp³-hybridized carbons (Fsp3) is 1.00. The summed E-state index contributed by atoms with van der Waals surface area (Å²) in [6.07, 6.45) is 4.86. The Morgan fingerprint density at radius 2 is 2.08 bits per heavy atom. The lowest BCUT2D eigenvalue weighted by Crippen LogP contribution is -2.31. The number of aliphatic hydroxyl groups is 1. The van der Waals surface area contributed by atoms with Crippen molar-refractivity contribution in [2.75, 3.05) is 19.8 Å². The third kappa shape index (κ3) is 4.07. The van der Waals surface area contributed by atoms with Crippen molar-refractivity contribution in [1.29, 1.82) is 0 Å². The van der Waals surface area contributed by atoms with Gasteiger partial charge in [0.25, 0.3) is 0 Å². The lowest BCUT2D eigenvalue weighted by Gasteiger charge is -2.11. The molecule has 0 aromatic heterocycles. The first-order valence-electron chi connectivity index (χ1n) is 5.34. The number of nitrogens with one attached hydrogen (secondary N) is 1. The summed E-state index contributed by atoms with van der Waals surface area (Å²) in [7, 11) is 0. The lowest BCUT2D eigenvalue weighted by molar-refractivity contribution is 0.0324. The molecule has 0 aromatic carbocycles. The monoisotopic (exact) mass is 185 g/mol. The average molecular weight is 185 g/mol. The molecule has 2 fully saturated rings. The normalized spacial score (nSPS) is 24.7. The van der Waals surface area contributed by atoms with E-state index in [1.807, 2.05) is 0 Å². The maximum atomic E-state index is 9.47. The van der Waals surface area contributed by atoms with Crippen molar-refractivity contribution in [3.63, 3.8) is 0 Å². The van der Waals surface area contributed by atoms with Gasteiger partial charge in [0.2, 0.25) is 0 Å². The Morgan fingerprint density at radius 1 is 1.31 bits per heavy atom. The highest BCUT2D eigenvalue weighted by Crippen LogP contribution is 2.28. The smallest absolute Gasteiger partial charge is 0.0897 e. The zero-order chi connectivity index (χ0) is 9.10. The van der Waals surface area contributed by atoms with Crippen LogP contribution in [0.3, 0.4) is 0 Å². The molecule has 0 aromatic rings. The fourth-order valence-electron chi connectivity index (χ4n) is 1.30. The fourth-order valence-corrected chi connectivity index (χ4v) is 1.30. The number of ether oxygens (including phenoxy) is 1. The molecule has 2 N–H and O–H groups in total. The predicted molar refractivity (Wildman–Crippen MR) is 50.6 cm³/mol. The summed E-state index contributed by atoms with van der Waals surface area (Å²) < 4.78 is 5.38. The number of aliphatic hydroxyl groups excluding tert-OH is 1. The van der Waals surface area contributed by atoms with Gasteiger partial charge >= 0.3 is 0 Å². The quantitative estimate of drug-likeness (QED) is 0.608. The van der Waals surface area contributed by atoms with E-state index in [0.29, 0.717) is 19.2 Å². The molecule has 0 bridgehead atoms. The van der Waals surface area contributed by atoms with Crippen LogP contribution in [0.25, 0.3) is 0 Å². The molecule has 3 nitrogen and oxygen atoms in total.